The molecule has 1 amide bonds. The van der Waals surface area contributed by atoms with Crippen LogP contribution in [0.4, 0.5) is 0 Å². The SMILES string of the molecule is CCCC(O)CNC(=O)c1nc(C)ncc1Cl. The van der Waals surface area contributed by atoms with Gasteiger partial charge in [0.1, 0.15) is 11.5 Å². The Balaban J connectivity index is 2.61. The van der Waals surface area contributed by atoms with E-state index in [0.717, 1.165) is 6.42 Å². The number of carbonyl (C=O) groups excluding carboxylic acids is 1. The molecular weight excluding hydrogens is 242 g/mol. The van der Waals surface area contributed by atoms with Crippen molar-refractivity contribution in [2.24, 2.45) is 0 Å². The summed E-state index contributed by atoms with van der Waals surface area (Å²) in [6.45, 7) is 3.85. The van der Waals surface area contributed by atoms with E-state index in [0.29, 0.717) is 12.2 Å². The van der Waals surface area contributed by atoms with Crippen molar-refractivity contribution in [2.45, 2.75) is 32.8 Å². The number of nitrogens with one attached hydrogen (secondary N) is 1. The second-order valence-electron chi connectivity index (χ2n) is 3.77. The van der Waals surface area contributed by atoms with E-state index in [2.05, 4.69) is 15.3 Å². The molecular formula is C11H16ClN3O2. The predicted octanol–water partition coefficient (Wildman–Crippen LogP) is 1.33. The van der Waals surface area contributed by atoms with Crippen molar-refractivity contribution < 1.29 is 9.90 Å². The first kappa shape index (κ1) is 13.9. The zero-order valence-electron chi connectivity index (χ0n) is 9.90. The molecule has 1 aromatic heterocycles. The molecule has 0 saturated heterocycles. The second kappa shape index (κ2) is 6.51. The standard InChI is InChI=1S/C11H16ClN3O2/c1-3-4-8(16)5-14-11(17)10-9(12)6-13-7(2)15-10/h6,8,16H,3-5H2,1-2H3,(H,14,17). The Kier molecular flexibility index (Phi) is 5.31. The Morgan fingerprint density at radius 3 is 3.00 bits per heavy atom. The number of aliphatic hydroxyl groups excluding tert-OH is 1. The molecule has 0 spiro atoms. The van der Waals surface area contributed by atoms with Crippen molar-refractivity contribution >= 4 is 17.5 Å². The van der Waals surface area contributed by atoms with Crippen LogP contribution in [0.3, 0.4) is 0 Å². The van der Waals surface area contributed by atoms with E-state index in [-0.39, 0.29) is 17.3 Å². The number of halogens is 1. The maximum Gasteiger partial charge on any atom is 0.271 e. The summed E-state index contributed by atoms with van der Waals surface area (Å²) in [4.78, 5) is 19.6. The highest BCUT2D eigenvalue weighted by Crippen LogP contribution is 2.11. The zero-order valence-corrected chi connectivity index (χ0v) is 10.7. The number of aliphatic hydroxyl groups is 1. The minimum Gasteiger partial charge on any atom is -0.391 e. The van der Waals surface area contributed by atoms with Crippen LogP contribution in [-0.4, -0.2) is 33.6 Å². The Bertz CT molecular complexity index is 398. The summed E-state index contributed by atoms with van der Waals surface area (Å²) >= 11 is 5.82. The van der Waals surface area contributed by atoms with Gasteiger partial charge in [0, 0.05) is 6.54 Å². The Hall–Kier alpha value is -1.20. The molecule has 0 aliphatic heterocycles. The fraction of sp³-hybridized carbons (Fsp3) is 0.545. The van der Waals surface area contributed by atoms with Gasteiger partial charge in [0.05, 0.1) is 17.3 Å². The molecule has 1 rings (SSSR count). The molecule has 1 unspecified atom stereocenters. The molecule has 1 aromatic rings. The summed E-state index contributed by atoms with van der Waals surface area (Å²) < 4.78 is 0. The first-order chi connectivity index (χ1) is 8.04. The topological polar surface area (TPSA) is 75.1 Å². The number of hydrogen-bond acceptors (Lipinski definition) is 4. The molecule has 0 fully saturated rings. The molecule has 6 heteroatoms. The van der Waals surface area contributed by atoms with Gasteiger partial charge in [-0.2, -0.15) is 0 Å². The highest BCUT2D eigenvalue weighted by Gasteiger charge is 2.14. The number of rotatable bonds is 5. The molecule has 0 aromatic carbocycles. The maximum atomic E-state index is 11.7. The van der Waals surface area contributed by atoms with Gasteiger partial charge in [-0.25, -0.2) is 9.97 Å². The van der Waals surface area contributed by atoms with E-state index < -0.39 is 12.0 Å². The predicted molar refractivity (Wildman–Crippen MR) is 65.0 cm³/mol. The quantitative estimate of drug-likeness (QED) is 0.835. The van der Waals surface area contributed by atoms with Crippen molar-refractivity contribution in [3.05, 3.63) is 22.7 Å². The third-order valence-electron chi connectivity index (χ3n) is 2.20. The summed E-state index contributed by atoms with van der Waals surface area (Å²) in [7, 11) is 0. The van der Waals surface area contributed by atoms with E-state index in [1.54, 1.807) is 6.92 Å². The lowest BCUT2D eigenvalue weighted by molar-refractivity contribution is 0.0905. The van der Waals surface area contributed by atoms with Crippen LogP contribution in [0.1, 0.15) is 36.1 Å². The lowest BCUT2D eigenvalue weighted by atomic mass is 10.2. The third kappa shape index (κ3) is 4.28. The van der Waals surface area contributed by atoms with Gasteiger partial charge in [0.25, 0.3) is 5.91 Å². The first-order valence-electron chi connectivity index (χ1n) is 5.50. The molecule has 0 aliphatic rings. The van der Waals surface area contributed by atoms with Crippen LogP contribution in [0.2, 0.25) is 5.02 Å². The molecule has 17 heavy (non-hydrogen) atoms. The molecule has 94 valence electrons. The Labute approximate surface area is 105 Å². The van der Waals surface area contributed by atoms with Crippen molar-refractivity contribution in [3.8, 4) is 0 Å². The highest BCUT2D eigenvalue weighted by atomic mass is 35.5. The number of hydrogen-bond donors (Lipinski definition) is 2. The first-order valence-corrected chi connectivity index (χ1v) is 5.87. The average molecular weight is 258 g/mol. The monoisotopic (exact) mass is 257 g/mol. The largest absolute Gasteiger partial charge is 0.391 e. The number of carbonyl (C=O) groups is 1. The van der Waals surface area contributed by atoms with Crippen LogP contribution in [0, 0.1) is 6.92 Å². The zero-order chi connectivity index (χ0) is 12.8. The number of aromatic nitrogens is 2. The molecule has 0 bridgehead atoms. The fourth-order valence-electron chi connectivity index (χ4n) is 1.34. The number of aryl methyl sites for hydroxylation is 1. The summed E-state index contributed by atoms with van der Waals surface area (Å²) in [6, 6.07) is 0. The van der Waals surface area contributed by atoms with Gasteiger partial charge in [0.15, 0.2) is 0 Å². The van der Waals surface area contributed by atoms with Crippen LogP contribution in [0.25, 0.3) is 0 Å². The van der Waals surface area contributed by atoms with Crippen LogP contribution in [0.15, 0.2) is 6.20 Å². The lowest BCUT2D eigenvalue weighted by Gasteiger charge is -2.10. The highest BCUT2D eigenvalue weighted by molar-refractivity contribution is 6.33. The van der Waals surface area contributed by atoms with Crippen molar-refractivity contribution in [1.82, 2.24) is 15.3 Å². The molecule has 2 N–H and O–H groups in total. The molecule has 0 radical (unpaired) electrons. The van der Waals surface area contributed by atoms with Gasteiger partial charge in [-0.05, 0) is 13.3 Å². The molecule has 1 atom stereocenters. The van der Waals surface area contributed by atoms with E-state index in [4.69, 9.17) is 11.6 Å². The van der Waals surface area contributed by atoms with Gasteiger partial charge in [0.2, 0.25) is 0 Å². The summed E-state index contributed by atoms with van der Waals surface area (Å²) in [6.07, 6.45) is 2.37. The van der Waals surface area contributed by atoms with Gasteiger partial charge < -0.3 is 10.4 Å². The molecule has 5 nitrogen and oxygen atoms in total. The average Bonchev–Trinajstić information content (AvgIpc) is 2.29. The van der Waals surface area contributed by atoms with Gasteiger partial charge in [-0.3, -0.25) is 4.79 Å². The van der Waals surface area contributed by atoms with Crippen LogP contribution >= 0.6 is 11.6 Å². The third-order valence-corrected chi connectivity index (χ3v) is 2.48. The minimum absolute atomic E-state index is 0.142. The molecule has 0 saturated carbocycles. The summed E-state index contributed by atoms with van der Waals surface area (Å²) in [5, 5.41) is 12.3. The minimum atomic E-state index is -0.536. The smallest absolute Gasteiger partial charge is 0.271 e. The Morgan fingerprint density at radius 2 is 2.35 bits per heavy atom. The fourth-order valence-corrected chi connectivity index (χ4v) is 1.52. The van der Waals surface area contributed by atoms with E-state index in [9.17, 15) is 9.90 Å². The summed E-state index contributed by atoms with van der Waals surface area (Å²) in [5.74, 6) is 0.0873. The van der Waals surface area contributed by atoms with Crippen LogP contribution in [0.5, 0.6) is 0 Å². The second-order valence-corrected chi connectivity index (χ2v) is 4.17. The van der Waals surface area contributed by atoms with Gasteiger partial charge >= 0.3 is 0 Å². The number of amides is 1. The maximum absolute atomic E-state index is 11.7. The van der Waals surface area contributed by atoms with E-state index in [1.807, 2.05) is 6.92 Å². The normalized spacial score (nSPS) is 12.2. The van der Waals surface area contributed by atoms with Crippen molar-refractivity contribution in [1.29, 1.82) is 0 Å². The Morgan fingerprint density at radius 1 is 1.65 bits per heavy atom. The van der Waals surface area contributed by atoms with Crippen LogP contribution < -0.4 is 5.32 Å². The van der Waals surface area contributed by atoms with Gasteiger partial charge in [-0.1, -0.05) is 24.9 Å². The van der Waals surface area contributed by atoms with E-state index in [1.165, 1.54) is 6.20 Å². The van der Waals surface area contributed by atoms with Crippen molar-refractivity contribution in [2.75, 3.05) is 6.54 Å². The lowest BCUT2D eigenvalue weighted by Crippen LogP contribution is -2.32. The van der Waals surface area contributed by atoms with Gasteiger partial charge in [-0.15, -0.1) is 0 Å². The summed E-state index contributed by atoms with van der Waals surface area (Å²) in [5.41, 5.74) is 0.142. The van der Waals surface area contributed by atoms with E-state index >= 15 is 0 Å². The van der Waals surface area contributed by atoms with Crippen molar-refractivity contribution in [3.63, 3.8) is 0 Å². The number of nitrogens with zero attached hydrogens (tertiary/aromatic N) is 2. The molecule has 1 heterocycles. The van der Waals surface area contributed by atoms with Crippen LogP contribution in [-0.2, 0) is 0 Å². The molecule has 0 aliphatic carbocycles.